The number of aryl methyl sites for hydroxylation is 1. The topological polar surface area (TPSA) is 56.5 Å². The number of halogens is 1. The molecule has 0 unspecified atom stereocenters. The molecule has 0 bridgehead atoms. The summed E-state index contributed by atoms with van der Waals surface area (Å²) in [7, 11) is 0. The van der Waals surface area contributed by atoms with Crippen LogP contribution >= 0.6 is 0 Å². The number of ether oxygens (including phenoxy) is 1. The van der Waals surface area contributed by atoms with Crippen molar-refractivity contribution in [3.05, 3.63) is 111 Å². The Labute approximate surface area is 166 Å². The number of carbonyl (C=O) groups excluding carboxylic acids is 1. The van der Waals surface area contributed by atoms with E-state index in [0.29, 0.717) is 22.5 Å². The van der Waals surface area contributed by atoms with Gasteiger partial charge in [-0.25, -0.2) is 9.18 Å². The Morgan fingerprint density at radius 3 is 2.28 bits per heavy atom. The third kappa shape index (κ3) is 4.09. The lowest BCUT2D eigenvalue weighted by Gasteiger charge is -2.09. The van der Waals surface area contributed by atoms with Gasteiger partial charge in [-0.2, -0.15) is 0 Å². The summed E-state index contributed by atoms with van der Waals surface area (Å²) in [5, 5.41) is 0.818. The Morgan fingerprint density at radius 1 is 0.931 bits per heavy atom. The first-order valence-corrected chi connectivity index (χ1v) is 9.06. The van der Waals surface area contributed by atoms with Gasteiger partial charge in [0.05, 0.1) is 0 Å². The van der Waals surface area contributed by atoms with Gasteiger partial charge in [0.2, 0.25) is 0 Å². The van der Waals surface area contributed by atoms with Gasteiger partial charge in [-0.1, -0.05) is 12.1 Å². The number of carbonyl (C=O) groups is 1. The van der Waals surface area contributed by atoms with Gasteiger partial charge in [-0.05, 0) is 67.1 Å². The summed E-state index contributed by atoms with van der Waals surface area (Å²) in [4.78, 5) is 24.3. The molecule has 0 spiro atoms. The molecule has 0 aliphatic heterocycles. The molecule has 0 radical (unpaired) electrons. The number of rotatable bonds is 5. The molecule has 0 N–H and O–H groups in total. The van der Waals surface area contributed by atoms with Gasteiger partial charge in [0, 0.05) is 28.1 Å². The number of hydrogen-bond donors (Lipinski definition) is 0. The standard InChI is InChI=1S/C24H17FO4/c1-15-2-11-21-18(13-23(26)29-22(21)12-15)14-28-20-9-5-17(6-10-20)24(27)16-3-7-19(25)8-4-16/h2-13H,14H2,1H3. The molecule has 29 heavy (non-hydrogen) atoms. The fourth-order valence-electron chi connectivity index (χ4n) is 3.09. The molecule has 4 nitrogen and oxygen atoms in total. The molecule has 0 aliphatic rings. The van der Waals surface area contributed by atoms with Gasteiger partial charge in [0.25, 0.3) is 0 Å². The SMILES string of the molecule is Cc1ccc2c(COc3ccc(C(=O)c4ccc(F)cc4)cc3)cc(=O)oc2c1. The second kappa shape index (κ2) is 7.72. The highest BCUT2D eigenvalue weighted by molar-refractivity contribution is 6.09. The molecule has 144 valence electrons. The summed E-state index contributed by atoms with van der Waals surface area (Å²) >= 11 is 0. The Kier molecular flexibility index (Phi) is 4.96. The third-order valence-corrected chi connectivity index (χ3v) is 4.60. The first kappa shape index (κ1) is 18.6. The monoisotopic (exact) mass is 388 g/mol. The first-order chi connectivity index (χ1) is 14.0. The molecule has 4 rings (SSSR count). The minimum absolute atomic E-state index is 0.191. The summed E-state index contributed by atoms with van der Waals surface area (Å²) in [6.45, 7) is 2.12. The molecule has 1 aromatic heterocycles. The molecule has 0 amide bonds. The smallest absolute Gasteiger partial charge is 0.336 e. The van der Waals surface area contributed by atoms with Crippen LogP contribution in [0.2, 0.25) is 0 Å². The van der Waals surface area contributed by atoms with Crippen LogP contribution in [0.25, 0.3) is 11.0 Å². The fraction of sp³-hybridized carbons (Fsp3) is 0.0833. The molecule has 1 heterocycles. The van der Waals surface area contributed by atoms with Gasteiger partial charge >= 0.3 is 5.63 Å². The molecule has 0 aliphatic carbocycles. The molecule has 4 aromatic rings. The maximum atomic E-state index is 13.0. The predicted octanol–water partition coefficient (Wildman–Crippen LogP) is 5.05. The summed E-state index contributed by atoms with van der Waals surface area (Å²) in [5.74, 6) is -0.0179. The molecular formula is C24H17FO4. The zero-order valence-electron chi connectivity index (χ0n) is 15.6. The van der Waals surface area contributed by atoms with Crippen molar-refractivity contribution < 1.29 is 18.3 Å². The maximum Gasteiger partial charge on any atom is 0.336 e. The lowest BCUT2D eigenvalue weighted by atomic mass is 10.0. The summed E-state index contributed by atoms with van der Waals surface area (Å²) in [6, 6.07) is 19.2. The minimum atomic E-state index is -0.429. The number of benzene rings is 3. The van der Waals surface area contributed by atoms with E-state index in [-0.39, 0.29) is 18.2 Å². The molecule has 5 heteroatoms. The maximum absolute atomic E-state index is 13.0. The highest BCUT2D eigenvalue weighted by atomic mass is 19.1. The minimum Gasteiger partial charge on any atom is -0.489 e. The van der Waals surface area contributed by atoms with Crippen molar-refractivity contribution in [2.75, 3.05) is 0 Å². The largest absolute Gasteiger partial charge is 0.489 e. The van der Waals surface area contributed by atoms with Gasteiger partial charge in [0.15, 0.2) is 5.78 Å². The lowest BCUT2D eigenvalue weighted by Crippen LogP contribution is -2.04. The van der Waals surface area contributed by atoms with E-state index in [4.69, 9.17) is 9.15 Å². The second-order valence-corrected chi connectivity index (χ2v) is 6.74. The normalized spacial score (nSPS) is 10.8. The van der Waals surface area contributed by atoms with Crippen molar-refractivity contribution in [1.82, 2.24) is 0 Å². The predicted molar refractivity (Wildman–Crippen MR) is 108 cm³/mol. The Morgan fingerprint density at radius 2 is 1.59 bits per heavy atom. The quantitative estimate of drug-likeness (QED) is 0.355. The lowest BCUT2D eigenvalue weighted by molar-refractivity contribution is 0.103. The van der Waals surface area contributed by atoms with Gasteiger partial charge in [-0.3, -0.25) is 4.79 Å². The molecule has 0 saturated heterocycles. The molecule has 0 atom stereocenters. The van der Waals surface area contributed by atoms with Gasteiger partial charge < -0.3 is 9.15 Å². The van der Waals surface area contributed by atoms with Crippen molar-refractivity contribution in [3.63, 3.8) is 0 Å². The zero-order valence-corrected chi connectivity index (χ0v) is 15.6. The summed E-state index contributed by atoms with van der Waals surface area (Å²) < 4.78 is 24.1. The number of fused-ring (bicyclic) bond motifs is 1. The molecule has 0 fully saturated rings. The van der Waals surface area contributed by atoms with Crippen molar-refractivity contribution in [2.24, 2.45) is 0 Å². The van der Waals surface area contributed by atoms with Crippen LogP contribution in [-0.4, -0.2) is 5.78 Å². The highest BCUT2D eigenvalue weighted by Crippen LogP contribution is 2.21. The van der Waals surface area contributed by atoms with Crippen LogP contribution in [0.1, 0.15) is 27.0 Å². The van der Waals surface area contributed by atoms with E-state index in [1.807, 2.05) is 25.1 Å². The Balaban J connectivity index is 1.51. The number of ketones is 1. The molecule has 0 saturated carbocycles. The van der Waals surface area contributed by atoms with Crippen LogP contribution in [-0.2, 0) is 6.61 Å². The average Bonchev–Trinajstić information content (AvgIpc) is 2.72. The summed E-state index contributed by atoms with van der Waals surface area (Å²) in [6.07, 6.45) is 0. The van der Waals surface area contributed by atoms with Crippen LogP contribution in [0.5, 0.6) is 5.75 Å². The van der Waals surface area contributed by atoms with Crippen LogP contribution < -0.4 is 10.4 Å². The van der Waals surface area contributed by atoms with Crippen LogP contribution in [0, 0.1) is 12.7 Å². The van der Waals surface area contributed by atoms with Crippen molar-refractivity contribution in [1.29, 1.82) is 0 Å². The van der Waals surface area contributed by atoms with Crippen LogP contribution in [0.15, 0.2) is 82.0 Å². The van der Waals surface area contributed by atoms with Crippen molar-refractivity contribution in [2.45, 2.75) is 13.5 Å². The van der Waals surface area contributed by atoms with Crippen molar-refractivity contribution >= 4 is 16.8 Å². The van der Waals surface area contributed by atoms with E-state index < -0.39 is 5.63 Å². The van der Waals surface area contributed by atoms with E-state index in [9.17, 15) is 14.0 Å². The fourth-order valence-corrected chi connectivity index (χ4v) is 3.09. The second-order valence-electron chi connectivity index (χ2n) is 6.74. The summed E-state index contributed by atoms with van der Waals surface area (Å²) in [5.41, 5.74) is 2.71. The number of hydrogen-bond acceptors (Lipinski definition) is 4. The molecule has 3 aromatic carbocycles. The van der Waals surface area contributed by atoms with E-state index in [2.05, 4.69) is 0 Å². The zero-order chi connectivity index (χ0) is 20.4. The average molecular weight is 388 g/mol. The first-order valence-electron chi connectivity index (χ1n) is 9.06. The van der Waals surface area contributed by atoms with Crippen LogP contribution in [0.3, 0.4) is 0 Å². The van der Waals surface area contributed by atoms with Crippen molar-refractivity contribution in [3.8, 4) is 5.75 Å². The Bertz CT molecular complexity index is 1240. The van der Waals surface area contributed by atoms with E-state index in [1.165, 1.54) is 30.3 Å². The van der Waals surface area contributed by atoms with E-state index >= 15 is 0 Å². The van der Waals surface area contributed by atoms with Crippen LogP contribution in [0.4, 0.5) is 4.39 Å². The third-order valence-electron chi connectivity index (χ3n) is 4.60. The highest BCUT2D eigenvalue weighted by Gasteiger charge is 2.10. The van der Waals surface area contributed by atoms with Gasteiger partial charge in [0.1, 0.15) is 23.8 Å². The van der Waals surface area contributed by atoms with Gasteiger partial charge in [-0.15, -0.1) is 0 Å². The van der Waals surface area contributed by atoms with E-state index in [1.54, 1.807) is 24.3 Å². The molecular weight excluding hydrogens is 371 g/mol. The Hall–Kier alpha value is -3.73. The van der Waals surface area contributed by atoms with E-state index in [0.717, 1.165) is 16.5 Å².